The molecule has 1 heterocycles. The molecule has 1 amide bonds. The van der Waals surface area contributed by atoms with Gasteiger partial charge >= 0.3 is 0 Å². The van der Waals surface area contributed by atoms with Gasteiger partial charge in [-0.1, -0.05) is 29.8 Å². The molecule has 8 heteroatoms. The Morgan fingerprint density at radius 1 is 1.03 bits per heavy atom. The molecule has 0 bridgehead atoms. The standard InChI is InChI=1S/C25H20ClFN2O3S/c1-2-31-22-13-17(5-12-21(22)32-15-16-3-6-18(26)7-4-16)14-23-24(30)29-25(33-23)28-20-10-8-19(27)9-11-20/h3-14H,2,15H2,1H3,(H,28,29,30)/b23-14+. The van der Waals surface area contributed by atoms with E-state index in [9.17, 15) is 9.18 Å². The normalized spacial score (nSPS) is 15.7. The maximum Gasteiger partial charge on any atom is 0.264 e. The number of nitrogens with zero attached hydrogens (tertiary/aromatic N) is 1. The van der Waals surface area contributed by atoms with E-state index in [1.807, 2.05) is 49.4 Å². The maximum atomic E-state index is 13.1. The molecule has 1 aliphatic rings. The van der Waals surface area contributed by atoms with Gasteiger partial charge in [0.15, 0.2) is 16.7 Å². The molecular weight excluding hydrogens is 463 g/mol. The van der Waals surface area contributed by atoms with E-state index >= 15 is 0 Å². The van der Waals surface area contributed by atoms with E-state index in [-0.39, 0.29) is 11.7 Å². The zero-order valence-electron chi connectivity index (χ0n) is 17.7. The highest BCUT2D eigenvalue weighted by Gasteiger charge is 2.24. The number of halogens is 2. The number of thioether (sulfide) groups is 1. The van der Waals surface area contributed by atoms with E-state index in [1.54, 1.807) is 18.2 Å². The number of benzene rings is 3. The van der Waals surface area contributed by atoms with Gasteiger partial charge in [0, 0.05) is 5.02 Å². The summed E-state index contributed by atoms with van der Waals surface area (Å²) < 4.78 is 24.8. The van der Waals surface area contributed by atoms with Gasteiger partial charge in [0.1, 0.15) is 12.4 Å². The second-order valence-corrected chi connectivity index (χ2v) is 8.48. The first kappa shape index (κ1) is 22.9. The topological polar surface area (TPSA) is 59.9 Å². The number of amides is 1. The lowest BCUT2D eigenvalue weighted by molar-refractivity contribution is -0.115. The van der Waals surface area contributed by atoms with Crippen LogP contribution in [0.25, 0.3) is 6.08 Å². The summed E-state index contributed by atoms with van der Waals surface area (Å²) >= 11 is 7.15. The van der Waals surface area contributed by atoms with Gasteiger partial charge in [0.05, 0.1) is 17.2 Å². The summed E-state index contributed by atoms with van der Waals surface area (Å²) in [6, 6.07) is 18.7. The number of ether oxygens (including phenoxy) is 2. The molecule has 0 saturated carbocycles. The van der Waals surface area contributed by atoms with E-state index < -0.39 is 0 Å². The highest BCUT2D eigenvalue weighted by atomic mass is 35.5. The van der Waals surface area contributed by atoms with Gasteiger partial charge in [-0.2, -0.15) is 0 Å². The lowest BCUT2D eigenvalue weighted by Crippen LogP contribution is -2.19. The fourth-order valence-electron chi connectivity index (χ4n) is 3.01. The summed E-state index contributed by atoms with van der Waals surface area (Å²) in [5.41, 5.74) is 2.33. The summed E-state index contributed by atoms with van der Waals surface area (Å²) in [6.07, 6.45) is 1.76. The molecule has 1 saturated heterocycles. The Balaban J connectivity index is 1.49. The van der Waals surface area contributed by atoms with Crippen LogP contribution in [0.4, 0.5) is 10.1 Å². The molecule has 1 aliphatic heterocycles. The Bertz CT molecular complexity index is 1210. The molecule has 1 N–H and O–H groups in total. The van der Waals surface area contributed by atoms with E-state index in [0.717, 1.165) is 11.1 Å². The molecule has 3 aromatic rings. The van der Waals surface area contributed by atoms with Gasteiger partial charge in [-0.3, -0.25) is 4.79 Å². The van der Waals surface area contributed by atoms with Crippen molar-refractivity contribution in [2.45, 2.75) is 13.5 Å². The van der Waals surface area contributed by atoms with Gasteiger partial charge < -0.3 is 14.8 Å². The fraction of sp³-hybridized carbons (Fsp3) is 0.120. The smallest absolute Gasteiger partial charge is 0.264 e. The third-order valence-corrected chi connectivity index (χ3v) is 5.74. The molecule has 3 aromatic carbocycles. The molecule has 0 radical (unpaired) electrons. The van der Waals surface area contributed by atoms with Crippen molar-refractivity contribution in [3.05, 3.63) is 93.6 Å². The van der Waals surface area contributed by atoms with E-state index in [1.165, 1.54) is 23.9 Å². The van der Waals surface area contributed by atoms with E-state index in [4.69, 9.17) is 21.1 Å². The summed E-state index contributed by atoms with van der Waals surface area (Å²) in [7, 11) is 0. The molecule has 0 aliphatic carbocycles. The van der Waals surface area contributed by atoms with Crippen LogP contribution < -0.4 is 14.8 Å². The Hall–Kier alpha value is -3.29. The lowest BCUT2D eigenvalue weighted by atomic mass is 10.2. The minimum Gasteiger partial charge on any atom is -0.490 e. The van der Waals surface area contributed by atoms with Crippen LogP contribution in [0.5, 0.6) is 11.5 Å². The van der Waals surface area contributed by atoms with Crippen molar-refractivity contribution >= 4 is 46.2 Å². The number of aliphatic imine (C=N–C) groups is 1. The van der Waals surface area contributed by atoms with Crippen molar-refractivity contribution in [1.82, 2.24) is 5.32 Å². The van der Waals surface area contributed by atoms with E-state index in [0.29, 0.717) is 45.5 Å². The van der Waals surface area contributed by atoms with Crippen LogP contribution in [-0.2, 0) is 11.4 Å². The highest BCUT2D eigenvalue weighted by Crippen LogP contribution is 2.33. The molecule has 5 nitrogen and oxygen atoms in total. The number of amidine groups is 1. The van der Waals surface area contributed by atoms with Crippen molar-refractivity contribution in [1.29, 1.82) is 0 Å². The van der Waals surface area contributed by atoms with Crippen LogP contribution in [0.15, 0.2) is 76.6 Å². The number of carbonyl (C=O) groups excluding carboxylic acids is 1. The van der Waals surface area contributed by atoms with Gasteiger partial charge in [0.2, 0.25) is 0 Å². The van der Waals surface area contributed by atoms with Crippen molar-refractivity contribution in [2.75, 3.05) is 6.61 Å². The SMILES string of the molecule is CCOc1cc(/C=C2/SC(=Nc3ccc(F)cc3)NC2=O)ccc1OCc1ccc(Cl)cc1. The maximum absolute atomic E-state index is 13.1. The van der Waals surface area contributed by atoms with Crippen molar-refractivity contribution < 1.29 is 18.7 Å². The fourth-order valence-corrected chi connectivity index (χ4v) is 3.98. The van der Waals surface area contributed by atoms with Crippen LogP contribution in [0.3, 0.4) is 0 Å². The second kappa shape index (κ2) is 10.6. The van der Waals surface area contributed by atoms with Crippen LogP contribution in [0, 0.1) is 5.82 Å². The Kier molecular flexibility index (Phi) is 7.32. The summed E-state index contributed by atoms with van der Waals surface area (Å²) in [4.78, 5) is 17.2. The quantitative estimate of drug-likeness (QED) is 0.399. The first-order valence-corrected chi connectivity index (χ1v) is 11.4. The van der Waals surface area contributed by atoms with Crippen LogP contribution >= 0.6 is 23.4 Å². The number of hydrogen-bond acceptors (Lipinski definition) is 5. The third kappa shape index (κ3) is 6.15. The molecule has 0 atom stereocenters. The highest BCUT2D eigenvalue weighted by molar-refractivity contribution is 8.18. The second-order valence-electron chi connectivity index (χ2n) is 7.01. The van der Waals surface area contributed by atoms with E-state index in [2.05, 4.69) is 10.3 Å². The first-order chi connectivity index (χ1) is 16.0. The Morgan fingerprint density at radius 2 is 1.79 bits per heavy atom. The number of nitrogens with one attached hydrogen (secondary N) is 1. The van der Waals surface area contributed by atoms with Gasteiger partial charge in [-0.05, 0) is 84.4 Å². The Labute approximate surface area is 200 Å². The monoisotopic (exact) mass is 482 g/mol. The third-order valence-electron chi connectivity index (χ3n) is 4.58. The number of hydrogen-bond donors (Lipinski definition) is 1. The summed E-state index contributed by atoms with van der Waals surface area (Å²) in [5, 5.41) is 3.84. The van der Waals surface area contributed by atoms with Gasteiger partial charge in [-0.15, -0.1) is 0 Å². The first-order valence-electron chi connectivity index (χ1n) is 10.2. The van der Waals surface area contributed by atoms with Gasteiger partial charge in [-0.25, -0.2) is 9.38 Å². The minimum atomic E-state index is -0.340. The molecule has 0 unspecified atom stereocenters. The summed E-state index contributed by atoms with van der Waals surface area (Å²) in [6.45, 7) is 2.74. The summed E-state index contributed by atoms with van der Waals surface area (Å²) in [5.74, 6) is 0.607. The minimum absolute atomic E-state index is 0.248. The molecule has 0 spiro atoms. The van der Waals surface area contributed by atoms with Crippen molar-refractivity contribution in [2.24, 2.45) is 4.99 Å². The predicted molar refractivity (Wildman–Crippen MR) is 131 cm³/mol. The molecular formula is C25H20ClFN2O3S. The molecule has 0 aromatic heterocycles. The van der Waals surface area contributed by atoms with Crippen LogP contribution in [0.2, 0.25) is 5.02 Å². The predicted octanol–water partition coefficient (Wildman–Crippen LogP) is 6.35. The average Bonchev–Trinajstić information content (AvgIpc) is 3.14. The molecule has 33 heavy (non-hydrogen) atoms. The Morgan fingerprint density at radius 3 is 2.52 bits per heavy atom. The average molecular weight is 483 g/mol. The molecule has 1 fully saturated rings. The number of carbonyl (C=O) groups is 1. The molecule has 4 rings (SSSR count). The van der Waals surface area contributed by atoms with Crippen molar-refractivity contribution in [3.8, 4) is 11.5 Å². The van der Waals surface area contributed by atoms with Crippen molar-refractivity contribution in [3.63, 3.8) is 0 Å². The zero-order chi connectivity index (χ0) is 23.2. The van der Waals surface area contributed by atoms with Gasteiger partial charge in [0.25, 0.3) is 5.91 Å². The van der Waals surface area contributed by atoms with Crippen LogP contribution in [-0.4, -0.2) is 17.7 Å². The van der Waals surface area contributed by atoms with Crippen LogP contribution in [0.1, 0.15) is 18.1 Å². The largest absolute Gasteiger partial charge is 0.490 e. The number of rotatable bonds is 7. The molecule has 168 valence electrons. The lowest BCUT2D eigenvalue weighted by Gasteiger charge is -2.13. The zero-order valence-corrected chi connectivity index (χ0v) is 19.3.